The van der Waals surface area contributed by atoms with Crippen molar-refractivity contribution in [3.8, 4) is 0 Å². The molecular formula is C14H24N2S2. The zero-order chi connectivity index (χ0) is 13.0. The molecule has 1 N–H and O–H groups in total. The summed E-state index contributed by atoms with van der Waals surface area (Å²) in [6.45, 7) is 7.78. The molecule has 0 fully saturated rings. The molecule has 2 atom stereocenters. The van der Waals surface area contributed by atoms with Gasteiger partial charge in [0.1, 0.15) is 5.01 Å². The predicted molar refractivity (Wildman–Crippen MR) is 82.5 cm³/mol. The second-order valence-corrected chi connectivity index (χ2v) is 7.54. The van der Waals surface area contributed by atoms with Crippen LogP contribution in [0.1, 0.15) is 61.7 Å². The first-order valence-electron chi connectivity index (χ1n) is 7.08. The van der Waals surface area contributed by atoms with Crippen LogP contribution in [0.2, 0.25) is 0 Å². The maximum Gasteiger partial charge on any atom is 0.103 e. The number of hydrogen-bond acceptors (Lipinski definition) is 4. The lowest BCUT2D eigenvalue weighted by molar-refractivity contribution is 0.465. The van der Waals surface area contributed by atoms with Gasteiger partial charge in [-0.2, -0.15) is 11.8 Å². The van der Waals surface area contributed by atoms with E-state index >= 15 is 0 Å². The molecule has 0 saturated heterocycles. The number of aromatic nitrogens is 1. The fraction of sp³-hybridized carbons (Fsp3) is 0.786. The van der Waals surface area contributed by atoms with Gasteiger partial charge in [-0.25, -0.2) is 4.98 Å². The molecule has 1 heterocycles. The van der Waals surface area contributed by atoms with Gasteiger partial charge < -0.3 is 5.32 Å². The zero-order valence-electron chi connectivity index (χ0n) is 11.7. The van der Waals surface area contributed by atoms with Crippen molar-refractivity contribution in [2.24, 2.45) is 0 Å². The van der Waals surface area contributed by atoms with E-state index in [1.807, 2.05) is 23.1 Å². The lowest BCUT2D eigenvalue weighted by atomic mass is 9.98. The minimum atomic E-state index is 0.511. The highest BCUT2D eigenvalue weighted by molar-refractivity contribution is 7.99. The Bertz CT molecular complexity index is 376. The molecule has 2 rings (SSSR count). The highest BCUT2D eigenvalue weighted by atomic mass is 32.2. The number of nitrogens with one attached hydrogen (secondary N) is 1. The van der Waals surface area contributed by atoms with Crippen molar-refractivity contribution in [1.29, 1.82) is 0 Å². The molecule has 1 aromatic rings. The first kappa shape index (κ1) is 14.4. The number of aryl methyl sites for hydroxylation is 1. The van der Waals surface area contributed by atoms with E-state index in [1.165, 1.54) is 41.3 Å². The van der Waals surface area contributed by atoms with Crippen molar-refractivity contribution < 1.29 is 0 Å². The van der Waals surface area contributed by atoms with Gasteiger partial charge in [0.05, 0.1) is 11.7 Å². The molecule has 18 heavy (non-hydrogen) atoms. The second kappa shape index (κ2) is 6.92. The molecule has 0 spiro atoms. The van der Waals surface area contributed by atoms with Crippen LogP contribution in [0, 0.1) is 0 Å². The van der Waals surface area contributed by atoms with Gasteiger partial charge in [0.25, 0.3) is 0 Å². The van der Waals surface area contributed by atoms with E-state index in [-0.39, 0.29) is 0 Å². The van der Waals surface area contributed by atoms with E-state index in [2.05, 4.69) is 26.1 Å². The number of nitrogens with zero attached hydrogens (tertiary/aromatic N) is 1. The Labute approximate surface area is 119 Å². The van der Waals surface area contributed by atoms with Crippen molar-refractivity contribution in [2.45, 2.75) is 63.5 Å². The Morgan fingerprint density at radius 3 is 3.06 bits per heavy atom. The first-order chi connectivity index (χ1) is 8.74. The van der Waals surface area contributed by atoms with Crippen LogP contribution in [0.25, 0.3) is 0 Å². The monoisotopic (exact) mass is 284 g/mol. The van der Waals surface area contributed by atoms with Crippen molar-refractivity contribution in [1.82, 2.24) is 10.3 Å². The minimum Gasteiger partial charge on any atom is -0.309 e. The van der Waals surface area contributed by atoms with Crippen LogP contribution in [-0.4, -0.2) is 16.8 Å². The topological polar surface area (TPSA) is 24.9 Å². The quantitative estimate of drug-likeness (QED) is 0.849. The van der Waals surface area contributed by atoms with Gasteiger partial charge >= 0.3 is 0 Å². The third kappa shape index (κ3) is 3.49. The van der Waals surface area contributed by atoms with Gasteiger partial charge in [-0.15, -0.1) is 11.3 Å². The van der Waals surface area contributed by atoms with E-state index in [9.17, 15) is 0 Å². The molecule has 1 aromatic heterocycles. The van der Waals surface area contributed by atoms with Crippen molar-refractivity contribution in [3.05, 3.63) is 15.6 Å². The third-order valence-corrected chi connectivity index (χ3v) is 6.17. The van der Waals surface area contributed by atoms with Crippen LogP contribution in [-0.2, 0) is 12.2 Å². The van der Waals surface area contributed by atoms with Crippen LogP contribution in [0.4, 0.5) is 0 Å². The van der Waals surface area contributed by atoms with E-state index in [1.54, 1.807) is 0 Å². The molecule has 2 nitrogen and oxygen atoms in total. The molecule has 0 bridgehead atoms. The average Bonchev–Trinajstić information content (AvgIpc) is 2.80. The molecule has 4 heteroatoms. The van der Waals surface area contributed by atoms with Crippen LogP contribution in [0.15, 0.2) is 0 Å². The summed E-state index contributed by atoms with van der Waals surface area (Å²) in [6, 6.07) is 0.511. The van der Waals surface area contributed by atoms with Crippen molar-refractivity contribution in [2.75, 3.05) is 6.54 Å². The van der Waals surface area contributed by atoms with Crippen LogP contribution in [0.3, 0.4) is 0 Å². The maximum absolute atomic E-state index is 4.89. The summed E-state index contributed by atoms with van der Waals surface area (Å²) < 4.78 is 0. The maximum atomic E-state index is 4.89. The van der Waals surface area contributed by atoms with Crippen molar-refractivity contribution >= 4 is 23.1 Å². The van der Waals surface area contributed by atoms with E-state index in [0.717, 1.165) is 17.5 Å². The fourth-order valence-corrected chi connectivity index (χ4v) is 4.44. The van der Waals surface area contributed by atoms with E-state index in [0.29, 0.717) is 6.04 Å². The number of thioether (sulfide) groups is 1. The molecule has 1 aliphatic carbocycles. The number of thiazole rings is 1. The van der Waals surface area contributed by atoms with Gasteiger partial charge in [0, 0.05) is 15.9 Å². The summed E-state index contributed by atoms with van der Waals surface area (Å²) in [6.07, 6.45) is 5.05. The van der Waals surface area contributed by atoms with E-state index in [4.69, 9.17) is 4.98 Å². The van der Waals surface area contributed by atoms with Crippen LogP contribution >= 0.6 is 23.1 Å². The Balaban J connectivity index is 2.02. The summed E-state index contributed by atoms with van der Waals surface area (Å²) >= 11 is 3.98. The summed E-state index contributed by atoms with van der Waals surface area (Å²) in [4.78, 5) is 6.43. The van der Waals surface area contributed by atoms with E-state index < -0.39 is 0 Å². The lowest BCUT2D eigenvalue weighted by Crippen LogP contribution is -2.24. The molecule has 0 aliphatic heterocycles. The molecule has 1 aliphatic rings. The van der Waals surface area contributed by atoms with Gasteiger partial charge in [-0.1, -0.05) is 20.8 Å². The van der Waals surface area contributed by atoms with Gasteiger partial charge in [0.15, 0.2) is 0 Å². The minimum absolute atomic E-state index is 0.511. The zero-order valence-corrected chi connectivity index (χ0v) is 13.3. The fourth-order valence-electron chi connectivity index (χ4n) is 2.31. The Hall–Kier alpha value is -0.0600. The SMILES string of the molecule is CCNC1CCCc2sc(CSC(C)CC)nc21. The molecule has 0 radical (unpaired) electrons. The number of hydrogen-bond donors (Lipinski definition) is 1. The molecule has 102 valence electrons. The number of fused-ring (bicyclic) bond motifs is 1. The average molecular weight is 284 g/mol. The van der Waals surface area contributed by atoms with Gasteiger partial charge in [0.2, 0.25) is 0 Å². The molecule has 0 aromatic carbocycles. The van der Waals surface area contributed by atoms with Gasteiger partial charge in [-0.05, 0) is 32.2 Å². The molecule has 0 amide bonds. The Morgan fingerprint density at radius 2 is 2.33 bits per heavy atom. The predicted octanol–water partition coefficient (Wildman–Crippen LogP) is 4.16. The molecule has 2 unspecified atom stereocenters. The third-order valence-electron chi connectivity index (χ3n) is 3.52. The van der Waals surface area contributed by atoms with Gasteiger partial charge in [-0.3, -0.25) is 0 Å². The summed E-state index contributed by atoms with van der Waals surface area (Å²) in [5, 5.41) is 5.64. The highest BCUT2D eigenvalue weighted by Gasteiger charge is 2.23. The number of rotatable bonds is 6. The Morgan fingerprint density at radius 1 is 1.50 bits per heavy atom. The Kier molecular flexibility index (Phi) is 5.52. The first-order valence-corrected chi connectivity index (χ1v) is 8.94. The standard InChI is InChI=1S/C14H24N2S2/c1-4-10(3)17-9-13-16-14-11(15-5-2)7-6-8-12(14)18-13/h10-11,15H,4-9H2,1-3H3. The summed E-state index contributed by atoms with van der Waals surface area (Å²) in [5.41, 5.74) is 1.35. The summed E-state index contributed by atoms with van der Waals surface area (Å²) in [5.74, 6) is 1.09. The summed E-state index contributed by atoms with van der Waals surface area (Å²) in [7, 11) is 0. The van der Waals surface area contributed by atoms with Crippen LogP contribution < -0.4 is 5.32 Å². The second-order valence-electron chi connectivity index (χ2n) is 4.95. The van der Waals surface area contributed by atoms with Crippen LogP contribution in [0.5, 0.6) is 0 Å². The normalized spacial score (nSPS) is 20.7. The molecule has 0 saturated carbocycles. The highest BCUT2D eigenvalue weighted by Crippen LogP contribution is 2.34. The molecular weight excluding hydrogens is 260 g/mol. The lowest BCUT2D eigenvalue weighted by Gasteiger charge is -2.21. The smallest absolute Gasteiger partial charge is 0.103 e. The van der Waals surface area contributed by atoms with Crippen molar-refractivity contribution in [3.63, 3.8) is 0 Å². The largest absolute Gasteiger partial charge is 0.309 e.